The fourth-order valence-corrected chi connectivity index (χ4v) is 6.19. The lowest BCUT2D eigenvalue weighted by Crippen LogP contribution is -2.03. The summed E-state index contributed by atoms with van der Waals surface area (Å²) in [4.78, 5) is 24.3. The monoisotopic (exact) mass is 490 g/mol. The normalized spacial score (nSPS) is 12.5. The van der Waals surface area contributed by atoms with Gasteiger partial charge in [-0.25, -0.2) is 0 Å². The summed E-state index contributed by atoms with van der Waals surface area (Å²) in [5, 5.41) is 22.8. The van der Waals surface area contributed by atoms with Crippen molar-refractivity contribution in [1.29, 1.82) is 0 Å². The van der Waals surface area contributed by atoms with Crippen molar-refractivity contribution in [2.45, 2.75) is 33.4 Å². The second kappa shape index (κ2) is 6.32. The Kier molecular flexibility index (Phi) is 4.67. The molecule has 0 aliphatic carbocycles. The molecule has 0 saturated carbocycles. The average Bonchev–Trinajstić information content (AvgIpc) is 2.52. The van der Waals surface area contributed by atoms with Crippen LogP contribution >= 0.6 is 55.4 Å². The molecule has 1 aliphatic heterocycles. The Hall–Kier alpha value is -1.10. The van der Waals surface area contributed by atoms with Gasteiger partial charge in [0.25, 0.3) is 11.4 Å². The number of hydrogen-bond donors (Lipinski definition) is 0. The maximum Gasteiger partial charge on any atom is 0.285 e. The molecule has 0 unspecified atom stereocenters. The highest BCUT2D eigenvalue weighted by atomic mass is 79.9. The highest BCUT2D eigenvalue weighted by Gasteiger charge is 2.34. The summed E-state index contributed by atoms with van der Waals surface area (Å²) in [5.74, 6) is 0. The van der Waals surface area contributed by atoms with Gasteiger partial charge in [0, 0.05) is 30.9 Å². The summed E-state index contributed by atoms with van der Waals surface area (Å²) in [6, 6.07) is 2.90. The first-order valence-electron chi connectivity index (χ1n) is 6.53. The fraction of sp³-hybridized carbons (Fsp3) is 0.143. The zero-order valence-electron chi connectivity index (χ0n) is 12.3. The molecule has 0 bridgehead atoms. The third kappa shape index (κ3) is 2.75. The number of halogens is 2. The second-order valence-corrected chi connectivity index (χ2v) is 8.79. The first kappa shape index (κ1) is 17.7. The quantitative estimate of drug-likeness (QED) is 0.310. The predicted molar refractivity (Wildman–Crippen MR) is 99.3 cm³/mol. The Balaban J connectivity index is 2.33. The van der Waals surface area contributed by atoms with Gasteiger partial charge in [-0.2, -0.15) is 0 Å². The average molecular weight is 492 g/mol. The largest absolute Gasteiger partial charge is 0.285 e. The smallest absolute Gasteiger partial charge is 0.258 e. The highest BCUT2D eigenvalue weighted by Crippen LogP contribution is 2.58. The Labute approximate surface area is 161 Å². The van der Waals surface area contributed by atoms with Crippen molar-refractivity contribution in [3.63, 3.8) is 0 Å². The molecule has 6 nitrogen and oxygen atoms in total. The van der Waals surface area contributed by atoms with Gasteiger partial charge in [-0.15, -0.1) is 0 Å². The molecule has 0 N–H and O–H groups in total. The van der Waals surface area contributed by atoms with Crippen LogP contribution in [0.25, 0.3) is 0 Å². The van der Waals surface area contributed by atoms with Crippen LogP contribution in [0.1, 0.15) is 11.1 Å². The minimum Gasteiger partial charge on any atom is -0.258 e. The van der Waals surface area contributed by atoms with Gasteiger partial charge >= 0.3 is 0 Å². The van der Waals surface area contributed by atoms with E-state index in [0.29, 0.717) is 18.7 Å². The zero-order valence-corrected chi connectivity index (χ0v) is 17.1. The van der Waals surface area contributed by atoms with Gasteiger partial charge in [0.05, 0.1) is 9.85 Å². The van der Waals surface area contributed by atoms with E-state index in [0.717, 1.165) is 32.7 Å². The molecule has 0 spiro atoms. The van der Waals surface area contributed by atoms with Crippen molar-refractivity contribution in [3.8, 4) is 0 Å². The van der Waals surface area contributed by atoms with Crippen LogP contribution < -0.4 is 0 Å². The molecule has 1 aliphatic rings. The lowest BCUT2D eigenvalue weighted by Gasteiger charge is -2.22. The van der Waals surface area contributed by atoms with Crippen LogP contribution in [0.4, 0.5) is 11.4 Å². The third-order valence-corrected chi connectivity index (χ3v) is 8.17. The number of benzene rings is 2. The molecule has 0 fully saturated rings. The van der Waals surface area contributed by atoms with Crippen molar-refractivity contribution >= 4 is 66.8 Å². The van der Waals surface area contributed by atoms with E-state index in [1.165, 1.54) is 23.9 Å². The summed E-state index contributed by atoms with van der Waals surface area (Å²) in [7, 11) is 0. The number of rotatable bonds is 2. The molecule has 2 aromatic rings. The van der Waals surface area contributed by atoms with Gasteiger partial charge in [0.2, 0.25) is 0 Å². The molecule has 10 heteroatoms. The molecule has 0 atom stereocenters. The van der Waals surface area contributed by atoms with Crippen LogP contribution in [-0.4, -0.2) is 9.85 Å². The summed E-state index contributed by atoms with van der Waals surface area (Å²) >= 11 is 9.15. The maximum atomic E-state index is 11.4. The number of hydrogen-bond acceptors (Lipinski definition) is 6. The van der Waals surface area contributed by atoms with Gasteiger partial charge in [0.1, 0.15) is 9.79 Å². The van der Waals surface area contributed by atoms with Gasteiger partial charge in [-0.3, -0.25) is 20.2 Å². The van der Waals surface area contributed by atoms with Gasteiger partial charge in [0.15, 0.2) is 0 Å². The topological polar surface area (TPSA) is 86.3 Å². The number of fused-ring (bicyclic) bond motifs is 2. The maximum absolute atomic E-state index is 11.4. The van der Waals surface area contributed by atoms with E-state index in [9.17, 15) is 20.2 Å². The van der Waals surface area contributed by atoms with Gasteiger partial charge < -0.3 is 0 Å². The van der Waals surface area contributed by atoms with E-state index in [1.807, 2.05) is 13.8 Å². The van der Waals surface area contributed by atoms with Crippen LogP contribution in [0, 0.1) is 34.1 Å². The van der Waals surface area contributed by atoms with Gasteiger partial charge in [-0.1, -0.05) is 55.4 Å². The summed E-state index contributed by atoms with van der Waals surface area (Å²) in [5.41, 5.74) is 1.64. The summed E-state index contributed by atoms with van der Waals surface area (Å²) < 4.78 is 1.29. The van der Waals surface area contributed by atoms with Crippen molar-refractivity contribution in [3.05, 3.63) is 52.4 Å². The van der Waals surface area contributed by atoms with Crippen molar-refractivity contribution < 1.29 is 9.85 Å². The molecule has 24 heavy (non-hydrogen) atoms. The number of nitro groups is 2. The molecule has 0 radical (unpaired) electrons. The molecule has 0 saturated heterocycles. The van der Waals surface area contributed by atoms with E-state index in [2.05, 4.69) is 31.9 Å². The van der Waals surface area contributed by atoms with E-state index < -0.39 is 9.85 Å². The molecule has 124 valence electrons. The van der Waals surface area contributed by atoms with Crippen LogP contribution in [-0.2, 0) is 0 Å². The SMILES string of the molecule is Cc1c(Br)cc([N+](=O)[O-])c2c1Sc1c(C)c(Br)cc([N+](=O)[O-])c1S2. The Morgan fingerprint density at radius 1 is 0.792 bits per heavy atom. The minimum atomic E-state index is -0.459. The number of nitrogens with zero attached hydrogens (tertiary/aromatic N) is 2. The highest BCUT2D eigenvalue weighted by molar-refractivity contribution is 9.10. The Bertz CT molecular complexity index is 860. The van der Waals surface area contributed by atoms with Crippen molar-refractivity contribution in [1.82, 2.24) is 0 Å². The minimum absolute atomic E-state index is 0.0551. The third-order valence-electron chi connectivity index (χ3n) is 3.60. The van der Waals surface area contributed by atoms with Crippen LogP contribution in [0.2, 0.25) is 0 Å². The molecule has 0 aromatic heterocycles. The molecule has 1 heterocycles. The fourth-order valence-electron chi connectivity index (χ4n) is 2.30. The predicted octanol–water partition coefficient (Wildman–Crippen LogP) is 6.26. The van der Waals surface area contributed by atoms with E-state index >= 15 is 0 Å². The van der Waals surface area contributed by atoms with Crippen LogP contribution in [0.5, 0.6) is 0 Å². The first-order chi connectivity index (χ1) is 11.2. The standard InChI is InChI=1S/C14H8Br2N2O4S2/c1-5-7(15)3-9(17(19)20)13-11(5)23-12-6(2)8(16)4-10(18(21)22)14(12)24-13/h3-4H,1-2H3. The van der Waals surface area contributed by atoms with E-state index in [4.69, 9.17) is 0 Å². The van der Waals surface area contributed by atoms with Gasteiger partial charge in [-0.05, 0) is 25.0 Å². The van der Waals surface area contributed by atoms with E-state index in [1.54, 1.807) is 0 Å². The number of nitro benzene ring substituents is 2. The van der Waals surface area contributed by atoms with Crippen molar-refractivity contribution in [2.24, 2.45) is 0 Å². The molecular weight excluding hydrogens is 484 g/mol. The Morgan fingerprint density at radius 3 is 1.46 bits per heavy atom. The lowest BCUT2D eigenvalue weighted by molar-refractivity contribution is -0.388. The van der Waals surface area contributed by atoms with Crippen LogP contribution in [0.3, 0.4) is 0 Å². The second-order valence-electron chi connectivity index (χ2n) is 5.04. The molecule has 2 aromatic carbocycles. The molecular formula is C14H8Br2N2O4S2. The zero-order chi connectivity index (χ0) is 17.8. The summed E-state index contributed by atoms with van der Waals surface area (Å²) in [6.07, 6.45) is 0. The lowest BCUT2D eigenvalue weighted by atomic mass is 10.2. The van der Waals surface area contributed by atoms with E-state index in [-0.39, 0.29) is 11.4 Å². The first-order valence-corrected chi connectivity index (χ1v) is 9.75. The molecule has 0 amide bonds. The Morgan fingerprint density at radius 2 is 1.12 bits per heavy atom. The van der Waals surface area contributed by atoms with Crippen LogP contribution in [0.15, 0.2) is 40.7 Å². The van der Waals surface area contributed by atoms with Crippen molar-refractivity contribution in [2.75, 3.05) is 0 Å². The summed E-state index contributed by atoms with van der Waals surface area (Å²) in [6.45, 7) is 3.74. The molecule has 3 rings (SSSR count).